The molecule has 2 rings (SSSR count). The van der Waals surface area contributed by atoms with Crippen LogP contribution < -0.4 is 5.73 Å². The second kappa shape index (κ2) is 6.56. The number of hydrogen-bond acceptors (Lipinski definition) is 3. The highest BCUT2D eigenvalue weighted by Crippen LogP contribution is 2.19. The molecule has 1 aromatic carbocycles. The summed E-state index contributed by atoms with van der Waals surface area (Å²) in [5.74, 6) is 0. The van der Waals surface area contributed by atoms with Crippen molar-refractivity contribution in [1.29, 1.82) is 5.26 Å². The molecule has 20 heavy (non-hydrogen) atoms. The molecule has 1 unspecified atom stereocenters. The Hall–Kier alpha value is -1.83. The van der Waals surface area contributed by atoms with Crippen LogP contribution in [-0.2, 0) is 13.0 Å². The summed E-state index contributed by atoms with van der Waals surface area (Å²) in [4.78, 5) is 4.35. The SMILES string of the molecule is CCC(N)Cc1cn(Cc2ccc(C#N)cc2Cl)cn1. The quantitative estimate of drug-likeness (QED) is 0.920. The standard InChI is InChI=1S/C15H17ClN4/c1-2-13(18)6-14-9-20(10-19-14)8-12-4-3-11(7-17)5-15(12)16/h3-5,9-10,13H,2,6,8,18H2,1H3. The first kappa shape index (κ1) is 14.6. The molecule has 4 nitrogen and oxygen atoms in total. The van der Waals surface area contributed by atoms with Crippen molar-refractivity contribution in [3.63, 3.8) is 0 Å². The second-order valence-electron chi connectivity index (χ2n) is 4.83. The van der Waals surface area contributed by atoms with E-state index in [-0.39, 0.29) is 6.04 Å². The van der Waals surface area contributed by atoms with Crippen LogP contribution in [0.1, 0.15) is 30.2 Å². The summed E-state index contributed by atoms with van der Waals surface area (Å²) in [5.41, 5.74) is 8.45. The van der Waals surface area contributed by atoms with Crippen LogP contribution in [0.4, 0.5) is 0 Å². The van der Waals surface area contributed by atoms with Crippen molar-refractivity contribution in [3.8, 4) is 6.07 Å². The first-order valence-electron chi connectivity index (χ1n) is 6.57. The van der Waals surface area contributed by atoms with Crippen LogP contribution in [0.25, 0.3) is 0 Å². The summed E-state index contributed by atoms with van der Waals surface area (Å²) in [7, 11) is 0. The summed E-state index contributed by atoms with van der Waals surface area (Å²) >= 11 is 6.17. The van der Waals surface area contributed by atoms with Crippen molar-refractivity contribution in [2.75, 3.05) is 0 Å². The van der Waals surface area contributed by atoms with Crippen LogP contribution >= 0.6 is 11.6 Å². The van der Waals surface area contributed by atoms with Crippen LogP contribution in [0.3, 0.4) is 0 Å². The van der Waals surface area contributed by atoms with Gasteiger partial charge in [0, 0.05) is 30.2 Å². The zero-order valence-corrected chi connectivity index (χ0v) is 12.1. The minimum absolute atomic E-state index is 0.150. The van der Waals surface area contributed by atoms with Gasteiger partial charge in [-0.1, -0.05) is 24.6 Å². The molecule has 104 valence electrons. The van der Waals surface area contributed by atoms with Crippen molar-refractivity contribution in [2.24, 2.45) is 5.73 Å². The van der Waals surface area contributed by atoms with Gasteiger partial charge in [0.05, 0.1) is 23.7 Å². The number of imidazole rings is 1. The number of nitriles is 1. The summed E-state index contributed by atoms with van der Waals surface area (Å²) in [6.07, 6.45) is 5.50. The number of nitrogens with zero attached hydrogens (tertiary/aromatic N) is 3. The molecule has 0 spiro atoms. The Morgan fingerprint density at radius 3 is 2.95 bits per heavy atom. The van der Waals surface area contributed by atoms with Crippen LogP contribution in [0, 0.1) is 11.3 Å². The minimum atomic E-state index is 0.150. The maximum atomic E-state index is 8.82. The van der Waals surface area contributed by atoms with Gasteiger partial charge in [-0.2, -0.15) is 5.26 Å². The highest BCUT2D eigenvalue weighted by Gasteiger charge is 2.07. The number of halogens is 1. The van der Waals surface area contributed by atoms with Gasteiger partial charge in [0.15, 0.2) is 0 Å². The van der Waals surface area contributed by atoms with Crippen molar-refractivity contribution in [3.05, 3.63) is 52.6 Å². The monoisotopic (exact) mass is 288 g/mol. The largest absolute Gasteiger partial charge is 0.333 e. The number of nitrogens with two attached hydrogens (primary N) is 1. The van der Waals surface area contributed by atoms with E-state index >= 15 is 0 Å². The fraction of sp³-hybridized carbons (Fsp3) is 0.333. The predicted octanol–water partition coefficient (Wildman–Crippen LogP) is 2.74. The van der Waals surface area contributed by atoms with Crippen LogP contribution in [0.2, 0.25) is 5.02 Å². The molecule has 1 heterocycles. The number of benzene rings is 1. The lowest BCUT2D eigenvalue weighted by molar-refractivity contribution is 0.638. The van der Waals surface area contributed by atoms with Crippen molar-refractivity contribution < 1.29 is 0 Å². The van der Waals surface area contributed by atoms with E-state index in [9.17, 15) is 0 Å². The van der Waals surface area contributed by atoms with Gasteiger partial charge in [-0.3, -0.25) is 0 Å². The molecular weight excluding hydrogens is 272 g/mol. The summed E-state index contributed by atoms with van der Waals surface area (Å²) in [6.45, 7) is 2.71. The van der Waals surface area contributed by atoms with E-state index in [1.165, 1.54) is 0 Å². The van der Waals surface area contributed by atoms with Crippen molar-refractivity contribution in [1.82, 2.24) is 9.55 Å². The normalized spacial score (nSPS) is 12.1. The Morgan fingerprint density at radius 2 is 2.30 bits per heavy atom. The van der Waals surface area contributed by atoms with E-state index in [4.69, 9.17) is 22.6 Å². The van der Waals surface area contributed by atoms with E-state index in [2.05, 4.69) is 18.0 Å². The average molecular weight is 289 g/mol. The molecule has 0 fully saturated rings. The van der Waals surface area contributed by atoms with Gasteiger partial charge in [0.1, 0.15) is 0 Å². The molecule has 0 saturated heterocycles. The Labute approximate surface area is 123 Å². The highest BCUT2D eigenvalue weighted by molar-refractivity contribution is 6.31. The van der Waals surface area contributed by atoms with Gasteiger partial charge in [0.2, 0.25) is 0 Å². The highest BCUT2D eigenvalue weighted by atomic mass is 35.5. The maximum absolute atomic E-state index is 8.82. The maximum Gasteiger partial charge on any atom is 0.0992 e. The predicted molar refractivity (Wildman–Crippen MR) is 79.5 cm³/mol. The van der Waals surface area contributed by atoms with Crippen LogP contribution in [0.5, 0.6) is 0 Å². The third-order valence-corrected chi connectivity index (χ3v) is 3.57. The first-order chi connectivity index (χ1) is 9.62. The molecule has 2 N–H and O–H groups in total. The topological polar surface area (TPSA) is 67.6 Å². The Balaban J connectivity index is 2.09. The zero-order chi connectivity index (χ0) is 14.5. The molecule has 0 aliphatic heterocycles. The number of rotatable bonds is 5. The van der Waals surface area contributed by atoms with E-state index in [1.54, 1.807) is 18.5 Å². The molecule has 0 amide bonds. The summed E-state index contributed by atoms with van der Waals surface area (Å²) < 4.78 is 1.98. The molecule has 5 heteroatoms. The zero-order valence-electron chi connectivity index (χ0n) is 11.4. The third kappa shape index (κ3) is 3.60. The second-order valence-corrected chi connectivity index (χ2v) is 5.23. The van der Waals surface area contributed by atoms with E-state index < -0.39 is 0 Å². The fourth-order valence-corrected chi connectivity index (χ4v) is 2.19. The molecular formula is C15H17ClN4. The van der Waals surface area contributed by atoms with Gasteiger partial charge in [0.25, 0.3) is 0 Å². The molecule has 0 bridgehead atoms. The van der Waals surface area contributed by atoms with Crippen LogP contribution in [0.15, 0.2) is 30.7 Å². The smallest absolute Gasteiger partial charge is 0.0992 e. The molecule has 0 radical (unpaired) electrons. The summed E-state index contributed by atoms with van der Waals surface area (Å²) in [5, 5.41) is 9.42. The molecule has 1 atom stereocenters. The molecule has 0 aliphatic rings. The van der Waals surface area contributed by atoms with Gasteiger partial charge >= 0.3 is 0 Å². The fourth-order valence-electron chi connectivity index (χ4n) is 1.95. The molecule has 0 aliphatic carbocycles. The first-order valence-corrected chi connectivity index (χ1v) is 6.95. The lowest BCUT2D eigenvalue weighted by Gasteiger charge is -2.06. The molecule has 0 saturated carbocycles. The van der Waals surface area contributed by atoms with E-state index in [1.807, 2.05) is 16.8 Å². The minimum Gasteiger partial charge on any atom is -0.333 e. The number of hydrogen-bond donors (Lipinski definition) is 1. The van der Waals surface area contributed by atoms with Crippen molar-refractivity contribution >= 4 is 11.6 Å². The summed E-state index contributed by atoms with van der Waals surface area (Å²) in [6, 6.07) is 7.55. The van der Waals surface area contributed by atoms with Gasteiger partial charge in [-0.05, 0) is 24.1 Å². The molecule has 2 aromatic rings. The van der Waals surface area contributed by atoms with Crippen LogP contribution in [-0.4, -0.2) is 15.6 Å². The van der Waals surface area contributed by atoms with Gasteiger partial charge < -0.3 is 10.3 Å². The van der Waals surface area contributed by atoms with Gasteiger partial charge in [-0.15, -0.1) is 0 Å². The van der Waals surface area contributed by atoms with E-state index in [0.29, 0.717) is 17.1 Å². The lowest BCUT2D eigenvalue weighted by Crippen LogP contribution is -2.21. The molecule has 1 aromatic heterocycles. The van der Waals surface area contributed by atoms with Crippen molar-refractivity contribution in [2.45, 2.75) is 32.4 Å². The Morgan fingerprint density at radius 1 is 1.50 bits per heavy atom. The Bertz CT molecular complexity index is 627. The van der Waals surface area contributed by atoms with E-state index in [0.717, 1.165) is 24.1 Å². The van der Waals surface area contributed by atoms with Gasteiger partial charge in [-0.25, -0.2) is 4.98 Å². The third-order valence-electron chi connectivity index (χ3n) is 3.22. The lowest BCUT2D eigenvalue weighted by atomic mass is 10.1. The Kier molecular flexibility index (Phi) is 4.78. The number of aromatic nitrogens is 2. The average Bonchev–Trinajstić information content (AvgIpc) is 2.88.